The van der Waals surface area contributed by atoms with Gasteiger partial charge in [-0.25, -0.2) is 4.39 Å². The molecule has 2 aliphatic rings. The lowest BCUT2D eigenvalue weighted by Gasteiger charge is -2.28. The molecule has 162 valence electrons. The summed E-state index contributed by atoms with van der Waals surface area (Å²) in [5.74, 6) is 0.538. The average Bonchev–Trinajstić information content (AvgIpc) is 3.36. The Bertz CT molecular complexity index is 1460. The van der Waals surface area contributed by atoms with Gasteiger partial charge in [0.15, 0.2) is 5.78 Å². The van der Waals surface area contributed by atoms with Gasteiger partial charge in [-0.05, 0) is 87.8 Å². The molecule has 0 spiro atoms. The van der Waals surface area contributed by atoms with Crippen molar-refractivity contribution < 1.29 is 13.6 Å². The second-order valence-corrected chi connectivity index (χ2v) is 8.96. The van der Waals surface area contributed by atoms with Gasteiger partial charge in [-0.1, -0.05) is 48.6 Å². The summed E-state index contributed by atoms with van der Waals surface area (Å²) in [7, 11) is 0. The van der Waals surface area contributed by atoms with E-state index in [1.165, 1.54) is 39.6 Å². The van der Waals surface area contributed by atoms with Gasteiger partial charge >= 0.3 is 0 Å². The Morgan fingerprint density at radius 2 is 1.76 bits per heavy atom. The molecule has 4 aromatic rings. The Morgan fingerprint density at radius 1 is 0.909 bits per heavy atom. The van der Waals surface area contributed by atoms with Crippen LogP contribution in [0, 0.1) is 11.7 Å². The molecule has 2 aliphatic carbocycles. The summed E-state index contributed by atoms with van der Waals surface area (Å²) >= 11 is 0. The molecule has 2 unspecified atom stereocenters. The predicted octanol–water partition coefficient (Wildman–Crippen LogP) is 5.43. The van der Waals surface area contributed by atoms with Gasteiger partial charge < -0.3 is 4.42 Å². The molecule has 3 heteroatoms. The summed E-state index contributed by atoms with van der Waals surface area (Å²) in [5.41, 5.74) is 5.63. The lowest BCUT2D eigenvalue weighted by atomic mass is 9.75. The van der Waals surface area contributed by atoms with E-state index in [2.05, 4.69) is 48.6 Å². The third-order valence-electron chi connectivity index (χ3n) is 6.99. The van der Waals surface area contributed by atoms with Gasteiger partial charge in [0, 0.05) is 17.9 Å². The molecule has 2 nitrogen and oxygen atoms in total. The van der Waals surface area contributed by atoms with E-state index in [4.69, 9.17) is 4.42 Å². The van der Waals surface area contributed by atoms with Crippen molar-refractivity contribution in [2.75, 3.05) is 0 Å². The van der Waals surface area contributed by atoms with Crippen molar-refractivity contribution in [1.29, 1.82) is 0 Å². The predicted molar refractivity (Wildman–Crippen MR) is 128 cm³/mol. The molecule has 0 bridgehead atoms. The summed E-state index contributed by atoms with van der Waals surface area (Å²) < 4.78 is 19.1. The monoisotopic (exact) mass is 434 g/mol. The molecule has 0 fully saturated rings. The lowest BCUT2D eigenvalue weighted by Crippen LogP contribution is -2.39. The van der Waals surface area contributed by atoms with Crippen molar-refractivity contribution >= 4 is 17.9 Å². The fraction of sp³-hybridized carbons (Fsp3) is 0.167. The smallest absolute Gasteiger partial charge is 0.169 e. The number of hydrogen-bond acceptors (Lipinski definition) is 2. The molecule has 2 atom stereocenters. The van der Waals surface area contributed by atoms with Gasteiger partial charge in [0.1, 0.15) is 11.6 Å². The van der Waals surface area contributed by atoms with Crippen LogP contribution in [0.2, 0.25) is 0 Å². The molecule has 0 aliphatic heterocycles. The Morgan fingerprint density at radius 3 is 2.58 bits per heavy atom. The van der Waals surface area contributed by atoms with E-state index in [0.717, 1.165) is 23.8 Å². The molecular formula is C30H23FO2. The molecule has 0 saturated carbocycles. The second kappa shape index (κ2) is 8.00. The quantitative estimate of drug-likeness (QED) is 0.401. The Labute approximate surface area is 191 Å². The first-order valence-corrected chi connectivity index (χ1v) is 11.4. The zero-order chi connectivity index (χ0) is 22.4. The van der Waals surface area contributed by atoms with Crippen LogP contribution in [0.4, 0.5) is 4.39 Å². The normalized spacial score (nSPS) is 18.3. The van der Waals surface area contributed by atoms with Crippen LogP contribution < -0.4 is 10.4 Å². The maximum Gasteiger partial charge on any atom is 0.169 e. The van der Waals surface area contributed by atoms with E-state index in [-0.39, 0.29) is 23.4 Å². The first-order chi connectivity index (χ1) is 16.2. The molecule has 1 aromatic heterocycles. The zero-order valence-electron chi connectivity index (χ0n) is 18.1. The number of Topliss-reactive ketones (excluding diaryl/α,β-unsaturated/α-hetero) is 1. The van der Waals surface area contributed by atoms with Crippen molar-refractivity contribution in [3.05, 3.63) is 118 Å². The zero-order valence-corrected chi connectivity index (χ0v) is 18.1. The van der Waals surface area contributed by atoms with E-state index >= 15 is 0 Å². The third-order valence-corrected chi connectivity index (χ3v) is 6.99. The molecular weight excluding hydrogens is 411 g/mol. The van der Waals surface area contributed by atoms with Crippen LogP contribution in [0.1, 0.15) is 39.6 Å². The Balaban J connectivity index is 1.50. The first-order valence-electron chi connectivity index (χ1n) is 11.4. The van der Waals surface area contributed by atoms with Crippen molar-refractivity contribution in [2.45, 2.75) is 25.2 Å². The average molecular weight is 435 g/mol. The van der Waals surface area contributed by atoms with Crippen LogP contribution in [0.5, 0.6) is 0 Å². The van der Waals surface area contributed by atoms with Crippen LogP contribution in [0.15, 0.2) is 83.5 Å². The van der Waals surface area contributed by atoms with E-state index in [0.29, 0.717) is 12.0 Å². The number of benzene rings is 3. The van der Waals surface area contributed by atoms with Crippen molar-refractivity contribution in [2.24, 2.45) is 5.92 Å². The molecule has 0 N–H and O–H groups in total. The number of ketones is 1. The largest absolute Gasteiger partial charge is 0.469 e. The molecule has 0 radical (unpaired) electrons. The van der Waals surface area contributed by atoms with Crippen LogP contribution in [-0.4, -0.2) is 5.78 Å². The number of halogens is 1. The van der Waals surface area contributed by atoms with Crippen LogP contribution >= 0.6 is 0 Å². The number of carbonyl (C=O) groups excluding carboxylic acids is 1. The Kier molecular flexibility index (Phi) is 4.83. The van der Waals surface area contributed by atoms with Crippen molar-refractivity contribution in [3.63, 3.8) is 0 Å². The van der Waals surface area contributed by atoms with E-state index < -0.39 is 0 Å². The molecule has 3 aromatic carbocycles. The van der Waals surface area contributed by atoms with Gasteiger partial charge in [0.2, 0.25) is 0 Å². The highest BCUT2D eigenvalue weighted by molar-refractivity contribution is 6.01. The summed E-state index contributed by atoms with van der Waals surface area (Å²) in [5, 5.41) is 2.37. The number of fused-ring (bicyclic) bond motifs is 5. The number of carbonyl (C=O) groups is 1. The highest BCUT2D eigenvalue weighted by atomic mass is 19.1. The minimum absolute atomic E-state index is 0.0407. The fourth-order valence-corrected chi connectivity index (χ4v) is 5.40. The highest BCUT2D eigenvalue weighted by Gasteiger charge is 2.29. The van der Waals surface area contributed by atoms with Gasteiger partial charge in [-0.3, -0.25) is 4.79 Å². The van der Waals surface area contributed by atoms with Gasteiger partial charge in [-0.15, -0.1) is 0 Å². The molecule has 0 amide bonds. The minimum atomic E-state index is -0.331. The molecule has 0 saturated heterocycles. The van der Waals surface area contributed by atoms with Crippen LogP contribution in [0.25, 0.3) is 23.3 Å². The molecule has 6 rings (SSSR count). The lowest BCUT2D eigenvalue weighted by molar-refractivity contribution is 0.0941. The number of rotatable bonds is 4. The van der Waals surface area contributed by atoms with Gasteiger partial charge in [0.05, 0.1) is 6.26 Å². The van der Waals surface area contributed by atoms with Gasteiger partial charge in [0.25, 0.3) is 0 Å². The topological polar surface area (TPSA) is 30.2 Å². The highest BCUT2D eigenvalue weighted by Crippen LogP contribution is 2.33. The summed E-state index contributed by atoms with van der Waals surface area (Å²) in [4.78, 5) is 13.4. The van der Waals surface area contributed by atoms with Crippen molar-refractivity contribution in [1.82, 2.24) is 0 Å². The second-order valence-electron chi connectivity index (χ2n) is 8.96. The van der Waals surface area contributed by atoms with Gasteiger partial charge in [-0.2, -0.15) is 0 Å². The molecule has 33 heavy (non-hydrogen) atoms. The van der Waals surface area contributed by atoms with Crippen LogP contribution in [0.3, 0.4) is 0 Å². The van der Waals surface area contributed by atoms with E-state index in [1.54, 1.807) is 18.4 Å². The minimum Gasteiger partial charge on any atom is -0.469 e. The van der Waals surface area contributed by atoms with E-state index in [9.17, 15) is 9.18 Å². The van der Waals surface area contributed by atoms with Crippen molar-refractivity contribution in [3.8, 4) is 11.1 Å². The first kappa shape index (κ1) is 19.9. The van der Waals surface area contributed by atoms with Crippen LogP contribution in [-0.2, 0) is 12.8 Å². The Hall–Kier alpha value is -3.72. The van der Waals surface area contributed by atoms with E-state index in [1.807, 2.05) is 12.1 Å². The standard InChI is InChI=1S/C30H23FO2/c31-23-10-7-20(8-11-23)30(32)22-16-21(17-24-5-3-15-33-24)26-13-14-27-25-6-2-1-4-19(25)9-12-28(27)29(26)18-22/h1-8,10-15,18,21-22H,9,16-17H2. The summed E-state index contributed by atoms with van der Waals surface area (Å²) in [6.07, 6.45) is 8.47. The third kappa shape index (κ3) is 3.54. The SMILES string of the molecule is O=C(c1ccc(F)cc1)C1C=c2c(ccc3c2=CCc2ccccc2-3)C(Cc2ccco2)C1. The summed E-state index contributed by atoms with van der Waals surface area (Å²) in [6, 6.07) is 22.8. The molecule has 1 heterocycles. The maximum atomic E-state index is 13.4. The summed E-state index contributed by atoms with van der Waals surface area (Å²) in [6.45, 7) is 0. The fourth-order valence-electron chi connectivity index (χ4n) is 5.40. The maximum absolute atomic E-state index is 13.4. The number of hydrogen-bond donors (Lipinski definition) is 0. The number of furan rings is 1.